The van der Waals surface area contributed by atoms with Gasteiger partial charge in [0.1, 0.15) is 0 Å². The Morgan fingerprint density at radius 2 is 1.93 bits per heavy atom. The van der Waals surface area contributed by atoms with E-state index >= 15 is 0 Å². The largest absolute Gasteiger partial charge is 1.00 e. The molecular formula is C10H10LiNO3. The molecule has 0 atom stereocenters. The van der Waals surface area contributed by atoms with Gasteiger partial charge in [0.05, 0.1) is 6.54 Å². The number of imide groups is 1. The van der Waals surface area contributed by atoms with Gasteiger partial charge in [0.25, 0.3) is 5.91 Å². The Morgan fingerprint density at radius 3 is 2.47 bits per heavy atom. The fourth-order valence-electron chi connectivity index (χ4n) is 1.30. The van der Waals surface area contributed by atoms with E-state index in [1.807, 2.05) is 30.3 Å². The summed E-state index contributed by atoms with van der Waals surface area (Å²) in [5.74, 6) is -0.279. The third-order valence-electron chi connectivity index (χ3n) is 2.02. The molecule has 0 N–H and O–H groups in total. The van der Waals surface area contributed by atoms with Crippen molar-refractivity contribution in [3.8, 4) is 0 Å². The molecule has 2 rings (SSSR count). The molecule has 2 amide bonds. The SMILES string of the molecule is O=C1COC(=O)N1Cc1ccccc1.[H-].[Li+]. The summed E-state index contributed by atoms with van der Waals surface area (Å²) >= 11 is 0. The van der Waals surface area contributed by atoms with Crippen molar-refractivity contribution < 1.29 is 34.6 Å². The molecule has 0 aromatic heterocycles. The smallest absolute Gasteiger partial charge is 1.00 e. The Bertz CT molecular complexity index is 356. The zero-order valence-corrected chi connectivity index (χ0v) is 8.47. The van der Waals surface area contributed by atoms with Crippen LogP contribution in [-0.4, -0.2) is 23.5 Å². The molecule has 0 aliphatic carbocycles. The van der Waals surface area contributed by atoms with E-state index in [9.17, 15) is 9.59 Å². The number of rotatable bonds is 2. The molecule has 0 spiro atoms. The second kappa shape index (κ2) is 5.01. The summed E-state index contributed by atoms with van der Waals surface area (Å²) in [5, 5.41) is 0. The van der Waals surface area contributed by atoms with Crippen LogP contribution in [0.1, 0.15) is 6.99 Å². The molecule has 1 fully saturated rings. The molecular weight excluding hydrogens is 189 g/mol. The van der Waals surface area contributed by atoms with E-state index in [2.05, 4.69) is 4.74 Å². The molecule has 1 aromatic rings. The average Bonchev–Trinajstić information content (AvgIpc) is 2.51. The summed E-state index contributed by atoms with van der Waals surface area (Å²) in [6.45, 7) is 0.157. The number of hydrogen-bond donors (Lipinski definition) is 0. The molecule has 1 aromatic carbocycles. The fraction of sp³-hybridized carbons (Fsp3) is 0.200. The van der Waals surface area contributed by atoms with E-state index in [1.165, 1.54) is 0 Å². The van der Waals surface area contributed by atoms with E-state index < -0.39 is 6.09 Å². The molecule has 1 saturated heterocycles. The number of benzene rings is 1. The molecule has 0 bridgehead atoms. The van der Waals surface area contributed by atoms with Crippen molar-refractivity contribution in [3.05, 3.63) is 35.9 Å². The molecule has 0 radical (unpaired) electrons. The van der Waals surface area contributed by atoms with Crippen molar-refractivity contribution in [1.82, 2.24) is 4.90 Å². The first-order valence-electron chi connectivity index (χ1n) is 4.28. The van der Waals surface area contributed by atoms with Gasteiger partial charge in [-0.1, -0.05) is 30.3 Å². The van der Waals surface area contributed by atoms with Crippen molar-refractivity contribution in [1.29, 1.82) is 0 Å². The van der Waals surface area contributed by atoms with E-state index in [1.54, 1.807) is 0 Å². The molecule has 4 nitrogen and oxygen atoms in total. The number of carbonyl (C=O) groups excluding carboxylic acids is 2. The zero-order valence-electron chi connectivity index (χ0n) is 9.47. The summed E-state index contributed by atoms with van der Waals surface area (Å²) in [6.07, 6.45) is -0.557. The third-order valence-corrected chi connectivity index (χ3v) is 2.02. The van der Waals surface area contributed by atoms with Gasteiger partial charge in [-0.2, -0.15) is 0 Å². The van der Waals surface area contributed by atoms with Crippen LogP contribution in [0.15, 0.2) is 30.3 Å². The predicted molar refractivity (Wildman–Crippen MR) is 49.5 cm³/mol. The number of carbonyl (C=O) groups is 2. The van der Waals surface area contributed by atoms with Crippen molar-refractivity contribution in [2.24, 2.45) is 0 Å². The minimum Gasteiger partial charge on any atom is -1.00 e. The molecule has 0 unspecified atom stereocenters. The Morgan fingerprint density at radius 1 is 1.27 bits per heavy atom. The number of amides is 2. The van der Waals surface area contributed by atoms with E-state index in [-0.39, 0.29) is 32.8 Å². The topological polar surface area (TPSA) is 46.6 Å². The molecule has 0 saturated carbocycles. The number of cyclic esters (lactones) is 1. The second-order valence-electron chi connectivity index (χ2n) is 3.02. The maximum absolute atomic E-state index is 11.2. The van der Waals surface area contributed by atoms with Gasteiger partial charge < -0.3 is 6.16 Å². The van der Waals surface area contributed by atoms with Crippen LogP contribution < -0.4 is 18.9 Å². The Hall–Kier alpha value is -1.24. The van der Waals surface area contributed by atoms with Crippen LogP contribution in [0.25, 0.3) is 0 Å². The van der Waals surface area contributed by atoms with Crippen molar-refractivity contribution in [2.45, 2.75) is 6.54 Å². The molecule has 1 aliphatic heterocycles. The van der Waals surface area contributed by atoms with E-state index in [4.69, 9.17) is 0 Å². The standard InChI is InChI=1S/C10H9NO3.Li.H/c12-9-7-14-10(13)11(9)6-8-4-2-1-3-5-8;;/h1-5H,6-7H2;;/q;+1;-1. The van der Waals surface area contributed by atoms with Gasteiger partial charge in [-0.15, -0.1) is 0 Å². The molecule has 74 valence electrons. The zero-order chi connectivity index (χ0) is 9.97. The van der Waals surface area contributed by atoms with Gasteiger partial charge in [0, 0.05) is 0 Å². The normalized spacial score (nSPS) is 14.8. The first-order valence-corrected chi connectivity index (χ1v) is 4.28. The summed E-state index contributed by atoms with van der Waals surface area (Å²) in [4.78, 5) is 23.3. The van der Waals surface area contributed by atoms with Crippen molar-refractivity contribution >= 4 is 12.0 Å². The van der Waals surface area contributed by atoms with Crippen LogP contribution in [0, 0.1) is 0 Å². The Balaban J connectivity index is 0.00000112. The Kier molecular flexibility index (Phi) is 3.95. The van der Waals surface area contributed by atoms with Gasteiger partial charge in [-0.3, -0.25) is 4.79 Å². The molecule has 5 heteroatoms. The predicted octanol–water partition coefficient (Wildman–Crippen LogP) is -1.72. The van der Waals surface area contributed by atoms with Crippen LogP contribution in [0.4, 0.5) is 4.79 Å². The fourth-order valence-corrected chi connectivity index (χ4v) is 1.30. The van der Waals surface area contributed by atoms with Crippen molar-refractivity contribution in [2.75, 3.05) is 6.61 Å². The Labute approximate surface area is 101 Å². The van der Waals surface area contributed by atoms with E-state index in [0.29, 0.717) is 6.54 Å². The van der Waals surface area contributed by atoms with E-state index in [0.717, 1.165) is 10.5 Å². The average molecular weight is 199 g/mol. The summed E-state index contributed by atoms with van der Waals surface area (Å²) in [5.41, 5.74) is 0.916. The molecule has 15 heavy (non-hydrogen) atoms. The summed E-state index contributed by atoms with van der Waals surface area (Å²) in [6, 6.07) is 9.33. The third kappa shape index (κ3) is 2.62. The minimum absolute atomic E-state index is 0. The van der Waals surface area contributed by atoms with Gasteiger partial charge in [-0.05, 0) is 5.56 Å². The molecule has 1 heterocycles. The van der Waals surface area contributed by atoms with Crippen LogP contribution in [-0.2, 0) is 16.1 Å². The summed E-state index contributed by atoms with van der Waals surface area (Å²) < 4.78 is 4.59. The van der Waals surface area contributed by atoms with Gasteiger partial charge in [-0.25, -0.2) is 9.69 Å². The number of hydrogen-bond acceptors (Lipinski definition) is 3. The number of nitrogens with zero attached hydrogens (tertiary/aromatic N) is 1. The first-order chi connectivity index (χ1) is 6.77. The van der Waals surface area contributed by atoms with Crippen LogP contribution >= 0.6 is 0 Å². The van der Waals surface area contributed by atoms with Gasteiger partial charge in [0.15, 0.2) is 6.61 Å². The van der Waals surface area contributed by atoms with Crippen LogP contribution in [0.5, 0.6) is 0 Å². The van der Waals surface area contributed by atoms with Gasteiger partial charge in [0.2, 0.25) is 0 Å². The van der Waals surface area contributed by atoms with Crippen LogP contribution in [0.2, 0.25) is 0 Å². The van der Waals surface area contributed by atoms with Crippen molar-refractivity contribution in [3.63, 3.8) is 0 Å². The first kappa shape index (κ1) is 11.8. The molecule has 1 aliphatic rings. The number of ether oxygens (including phenoxy) is 1. The monoisotopic (exact) mass is 199 g/mol. The minimum atomic E-state index is -0.557. The maximum Gasteiger partial charge on any atom is 1.00 e. The second-order valence-corrected chi connectivity index (χ2v) is 3.02. The van der Waals surface area contributed by atoms with Crippen LogP contribution in [0.3, 0.4) is 0 Å². The van der Waals surface area contributed by atoms with Gasteiger partial charge >= 0.3 is 25.0 Å². The quantitative estimate of drug-likeness (QED) is 0.532. The maximum atomic E-state index is 11.2. The summed E-state index contributed by atoms with van der Waals surface area (Å²) in [7, 11) is 0.